The summed E-state index contributed by atoms with van der Waals surface area (Å²) in [7, 11) is 0. The van der Waals surface area contributed by atoms with Crippen molar-refractivity contribution in [3.8, 4) is 0 Å². The van der Waals surface area contributed by atoms with Crippen LogP contribution < -0.4 is 4.90 Å². The van der Waals surface area contributed by atoms with Gasteiger partial charge in [0.05, 0.1) is 27.0 Å². The molecule has 0 saturated heterocycles. The smallest absolute Gasteiger partial charge is 0.340 e. The maximum absolute atomic E-state index is 13.1. The molecule has 1 aliphatic rings. The molecule has 31 heavy (non-hydrogen) atoms. The van der Waals surface area contributed by atoms with Gasteiger partial charge in [0.2, 0.25) is 0 Å². The molecule has 2 aromatic heterocycles. The Morgan fingerprint density at radius 3 is 2.68 bits per heavy atom. The first-order valence-electron chi connectivity index (χ1n) is 9.64. The number of aliphatic hydroxyl groups is 1. The monoisotopic (exact) mass is 451 g/mol. The van der Waals surface area contributed by atoms with Crippen LogP contribution in [0.25, 0.3) is 20.4 Å². The molecule has 0 saturated carbocycles. The first-order chi connectivity index (χ1) is 15.0. The first-order valence-corrected chi connectivity index (χ1v) is 11.3. The predicted octanol–water partition coefficient (Wildman–Crippen LogP) is 4.68. The van der Waals surface area contributed by atoms with Crippen LogP contribution in [-0.2, 0) is 14.3 Å². The number of aryl methyl sites for hydroxylation is 1. The number of esters is 1. The van der Waals surface area contributed by atoms with E-state index in [9.17, 15) is 14.7 Å². The number of rotatable bonds is 4. The van der Waals surface area contributed by atoms with Crippen LogP contribution in [0, 0.1) is 6.92 Å². The highest BCUT2D eigenvalue weighted by atomic mass is 32.1. The average Bonchev–Trinajstić information content (AvgIpc) is 3.42. The number of aliphatic hydroxyl groups excluding tert-OH is 1. The SMILES string of the molecule is CCOC(=O)C1=C(O)C(=O)N(c2nc3ccc(C)cc3s2)C1c1nc2ccccc2s1. The summed E-state index contributed by atoms with van der Waals surface area (Å²) in [5.41, 5.74) is 2.46. The molecule has 156 valence electrons. The van der Waals surface area contributed by atoms with Crippen LogP contribution in [0.2, 0.25) is 0 Å². The Labute approximate surface area is 185 Å². The van der Waals surface area contributed by atoms with E-state index in [0.29, 0.717) is 10.1 Å². The third-order valence-electron chi connectivity index (χ3n) is 4.99. The van der Waals surface area contributed by atoms with Crippen LogP contribution >= 0.6 is 22.7 Å². The number of carbonyl (C=O) groups is 2. The summed E-state index contributed by atoms with van der Waals surface area (Å²) >= 11 is 2.69. The third kappa shape index (κ3) is 3.17. The van der Waals surface area contributed by atoms with Gasteiger partial charge >= 0.3 is 5.97 Å². The number of thiazole rings is 2. The lowest BCUT2D eigenvalue weighted by Gasteiger charge is -2.21. The van der Waals surface area contributed by atoms with Crippen molar-refractivity contribution in [1.82, 2.24) is 9.97 Å². The molecule has 0 radical (unpaired) electrons. The molecule has 1 amide bonds. The molecule has 2 aromatic carbocycles. The maximum Gasteiger partial charge on any atom is 0.340 e. The van der Waals surface area contributed by atoms with E-state index < -0.39 is 23.7 Å². The number of anilines is 1. The minimum Gasteiger partial charge on any atom is -0.503 e. The van der Waals surface area contributed by atoms with Crippen LogP contribution in [0.15, 0.2) is 53.8 Å². The molecule has 0 fully saturated rings. The minimum absolute atomic E-state index is 0.110. The molecule has 7 nitrogen and oxygen atoms in total. The molecule has 4 aromatic rings. The summed E-state index contributed by atoms with van der Waals surface area (Å²) in [6.45, 7) is 3.78. The molecule has 0 aliphatic carbocycles. The lowest BCUT2D eigenvalue weighted by molar-refractivity contribution is -0.139. The highest BCUT2D eigenvalue weighted by Gasteiger charge is 2.48. The molecule has 0 bridgehead atoms. The second kappa shape index (κ2) is 7.44. The zero-order chi connectivity index (χ0) is 21.7. The van der Waals surface area contributed by atoms with Gasteiger partial charge in [-0.15, -0.1) is 11.3 Å². The molecule has 1 atom stereocenters. The molecule has 1 aliphatic heterocycles. The number of carbonyl (C=O) groups excluding carboxylic acids is 2. The maximum atomic E-state index is 13.1. The number of para-hydroxylation sites is 1. The number of fused-ring (bicyclic) bond motifs is 2. The van der Waals surface area contributed by atoms with Gasteiger partial charge in [0.25, 0.3) is 5.91 Å². The van der Waals surface area contributed by atoms with E-state index >= 15 is 0 Å². The Hall–Kier alpha value is -3.30. The van der Waals surface area contributed by atoms with E-state index in [-0.39, 0.29) is 12.2 Å². The van der Waals surface area contributed by atoms with Gasteiger partial charge in [-0.3, -0.25) is 9.69 Å². The Balaban J connectivity index is 1.69. The molecule has 1 unspecified atom stereocenters. The zero-order valence-corrected chi connectivity index (χ0v) is 18.3. The summed E-state index contributed by atoms with van der Waals surface area (Å²) in [5, 5.41) is 11.6. The fourth-order valence-corrected chi connectivity index (χ4v) is 5.74. The summed E-state index contributed by atoms with van der Waals surface area (Å²) in [6, 6.07) is 12.5. The average molecular weight is 452 g/mol. The second-order valence-corrected chi connectivity index (χ2v) is 9.12. The number of ether oxygens (including phenoxy) is 1. The minimum atomic E-state index is -0.911. The quantitative estimate of drug-likeness (QED) is 0.453. The highest BCUT2D eigenvalue weighted by Crippen LogP contribution is 2.45. The van der Waals surface area contributed by atoms with E-state index in [1.807, 2.05) is 49.4 Å². The van der Waals surface area contributed by atoms with E-state index in [0.717, 1.165) is 26.0 Å². The van der Waals surface area contributed by atoms with Gasteiger partial charge in [-0.25, -0.2) is 14.8 Å². The van der Waals surface area contributed by atoms with Crippen LogP contribution in [-0.4, -0.2) is 33.6 Å². The van der Waals surface area contributed by atoms with Crippen LogP contribution in [0.4, 0.5) is 5.13 Å². The second-order valence-electron chi connectivity index (χ2n) is 7.05. The number of amides is 1. The van der Waals surface area contributed by atoms with Crippen molar-refractivity contribution in [3.63, 3.8) is 0 Å². The highest BCUT2D eigenvalue weighted by molar-refractivity contribution is 7.22. The Morgan fingerprint density at radius 1 is 1.13 bits per heavy atom. The number of benzene rings is 2. The van der Waals surface area contributed by atoms with Crippen molar-refractivity contribution in [3.05, 3.63) is 64.4 Å². The van der Waals surface area contributed by atoms with Crippen molar-refractivity contribution in [2.24, 2.45) is 0 Å². The van der Waals surface area contributed by atoms with Gasteiger partial charge in [-0.1, -0.05) is 29.5 Å². The van der Waals surface area contributed by atoms with Gasteiger partial charge in [0, 0.05) is 0 Å². The Morgan fingerprint density at radius 2 is 1.90 bits per heavy atom. The summed E-state index contributed by atoms with van der Waals surface area (Å²) in [6.07, 6.45) is 0. The molecule has 5 rings (SSSR count). The molecule has 9 heteroatoms. The van der Waals surface area contributed by atoms with Crippen molar-refractivity contribution >= 4 is 60.1 Å². The summed E-state index contributed by atoms with van der Waals surface area (Å²) < 4.78 is 6.98. The normalized spacial score (nSPS) is 16.6. The van der Waals surface area contributed by atoms with Gasteiger partial charge < -0.3 is 9.84 Å². The summed E-state index contributed by atoms with van der Waals surface area (Å²) in [4.78, 5) is 36.5. The number of hydrogen-bond donors (Lipinski definition) is 1. The van der Waals surface area contributed by atoms with E-state index in [4.69, 9.17) is 4.74 Å². The number of aromatic nitrogens is 2. The zero-order valence-electron chi connectivity index (χ0n) is 16.7. The lowest BCUT2D eigenvalue weighted by atomic mass is 10.1. The van der Waals surface area contributed by atoms with Crippen LogP contribution in [0.3, 0.4) is 0 Å². The Kier molecular flexibility index (Phi) is 4.71. The lowest BCUT2D eigenvalue weighted by Crippen LogP contribution is -2.31. The molecular formula is C22H17N3O4S2. The van der Waals surface area contributed by atoms with Gasteiger partial charge in [0.15, 0.2) is 10.9 Å². The van der Waals surface area contributed by atoms with Gasteiger partial charge in [-0.05, 0) is 43.7 Å². The molecule has 0 spiro atoms. The van der Waals surface area contributed by atoms with Crippen molar-refractivity contribution in [2.45, 2.75) is 19.9 Å². The fourth-order valence-electron chi connectivity index (χ4n) is 3.58. The topological polar surface area (TPSA) is 92.6 Å². The molecule has 1 N–H and O–H groups in total. The van der Waals surface area contributed by atoms with E-state index in [1.165, 1.54) is 27.6 Å². The standard InChI is InChI=1S/C22H17N3O4S2/c1-3-29-21(28)16-17(19-23-12-6-4-5-7-14(12)30-19)25(20(27)18(16)26)22-24-13-9-8-11(2)10-15(13)31-22/h4-10,17,26H,3H2,1-2H3. The van der Waals surface area contributed by atoms with Gasteiger partial charge in [0.1, 0.15) is 16.6 Å². The predicted molar refractivity (Wildman–Crippen MR) is 120 cm³/mol. The Bertz CT molecular complexity index is 1350. The molecular weight excluding hydrogens is 434 g/mol. The van der Waals surface area contributed by atoms with Crippen molar-refractivity contribution in [2.75, 3.05) is 11.5 Å². The van der Waals surface area contributed by atoms with Crippen LogP contribution in [0.1, 0.15) is 23.5 Å². The number of hydrogen-bond acceptors (Lipinski definition) is 8. The summed E-state index contributed by atoms with van der Waals surface area (Å²) in [5.74, 6) is -2.06. The van der Waals surface area contributed by atoms with Crippen LogP contribution in [0.5, 0.6) is 0 Å². The van der Waals surface area contributed by atoms with E-state index in [1.54, 1.807) is 6.92 Å². The fraction of sp³-hybridized carbons (Fsp3) is 0.182. The van der Waals surface area contributed by atoms with Gasteiger partial charge in [-0.2, -0.15) is 0 Å². The molecule has 3 heterocycles. The van der Waals surface area contributed by atoms with Crippen molar-refractivity contribution in [1.29, 1.82) is 0 Å². The van der Waals surface area contributed by atoms with E-state index in [2.05, 4.69) is 9.97 Å². The largest absolute Gasteiger partial charge is 0.503 e. The first kappa shape index (κ1) is 19.7. The third-order valence-corrected chi connectivity index (χ3v) is 7.09. The van der Waals surface area contributed by atoms with Crippen molar-refractivity contribution < 1.29 is 19.4 Å². The number of nitrogens with zero attached hydrogens (tertiary/aromatic N) is 3.